The van der Waals surface area contributed by atoms with Gasteiger partial charge in [0.15, 0.2) is 0 Å². The van der Waals surface area contributed by atoms with Crippen LogP contribution in [-0.4, -0.2) is 25.0 Å². The summed E-state index contributed by atoms with van der Waals surface area (Å²) in [5, 5.41) is 3.11. The van der Waals surface area contributed by atoms with E-state index in [0.29, 0.717) is 12.5 Å². The van der Waals surface area contributed by atoms with E-state index < -0.39 is 0 Å². The maximum Gasteiger partial charge on any atom is 0.220 e. The topological polar surface area (TPSA) is 32.3 Å². The van der Waals surface area contributed by atoms with E-state index in [4.69, 9.17) is 0 Å². The van der Waals surface area contributed by atoms with Gasteiger partial charge in [-0.3, -0.25) is 4.79 Å². The first kappa shape index (κ1) is 15.6. The molecule has 0 aromatic heterocycles. The molecular weight excluding hydrogens is 284 g/mol. The Morgan fingerprint density at radius 1 is 1.04 bits per heavy atom. The number of benzene rings is 2. The monoisotopic (exact) mass is 308 g/mol. The van der Waals surface area contributed by atoms with E-state index in [1.165, 1.54) is 17.7 Å². The van der Waals surface area contributed by atoms with E-state index in [1.54, 1.807) is 0 Å². The van der Waals surface area contributed by atoms with E-state index in [-0.39, 0.29) is 5.91 Å². The van der Waals surface area contributed by atoms with Crippen LogP contribution in [0.25, 0.3) is 0 Å². The molecule has 0 bridgehead atoms. The van der Waals surface area contributed by atoms with Gasteiger partial charge in [0.05, 0.1) is 0 Å². The average Bonchev–Trinajstić information content (AvgIpc) is 3.08. The molecule has 120 valence electrons. The lowest BCUT2D eigenvalue weighted by atomic mass is 10.1. The van der Waals surface area contributed by atoms with Gasteiger partial charge in [0, 0.05) is 31.2 Å². The van der Waals surface area contributed by atoms with Gasteiger partial charge in [0.2, 0.25) is 5.91 Å². The third-order valence-electron chi connectivity index (χ3n) is 4.48. The number of anilines is 1. The Hall–Kier alpha value is -2.29. The van der Waals surface area contributed by atoms with Crippen LogP contribution in [-0.2, 0) is 11.2 Å². The molecule has 1 heterocycles. The molecule has 1 N–H and O–H groups in total. The summed E-state index contributed by atoms with van der Waals surface area (Å²) in [6.45, 7) is 1.82. The van der Waals surface area contributed by atoms with Gasteiger partial charge in [-0.2, -0.15) is 0 Å². The Morgan fingerprint density at radius 2 is 1.74 bits per heavy atom. The second-order valence-corrected chi connectivity index (χ2v) is 6.11. The highest BCUT2D eigenvalue weighted by Crippen LogP contribution is 2.24. The van der Waals surface area contributed by atoms with Crippen molar-refractivity contribution in [3.8, 4) is 0 Å². The standard InChI is InChI=1S/C20H24N2O/c23-20(14-13-17-8-3-1-4-9-17)21-16-19-12-7-15-22(19)18-10-5-2-6-11-18/h1-6,8-11,19H,7,12-16H2,(H,21,23). The fraction of sp³-hybridized carbons (Fsp3) is 0.350. The Labute approximate surface area is 138 Å². The Balaban J connectivity index is 1.46. The fourth-order valence-corrected chi connectivity index (χ4v) is 3.23. The predicted octanol–water partition coefficient (Wildman–Crippen LogP) is 3.40. The molecule has 0 spiro atoms. The molecule has 0 aliphatic carbocycles. The molecule has 1 fully saturated rings. The fourth-order valence-electron chi connectivity index (χ4n) is 3.23. The number of nitrogens with one attached hydrogen (secondary N) is 1. The summed E-state index contributed by atoms with van der Waals surface area (Å²) >= 11 is 0. The molecule has 2 aromatic rings. The summed E-state index contributed by atoms with van der Waals surface area (Å²) < 4.78 is 0. The lowest BCUT2D eigenvalue weighted by Gasteiger charge is -2.27. The van der Waals surface area contributed by atoms with Crippen LogP contribution in [0.3, 0.4) is 0 Å². The van der Waals surface area contributed by atoms with Crippen molar-refractivity contribution in [2.45, 2.75) is 31.7 Å². The van der Waals surface area contributed by atoms with Gasteiger partial charge >= 0.3 is 0 Å². The van der Waals surface area contributed by atoms with Gasteiger partial charge in [0.25, 0.3) is 0 Å². The zero-order valence-corrected chi connectivity index (χ0v) is 13.4. The zero-order valence-electron chi connectivity index (χ0n) is 13.4. The molecule has 1 aliphatic heterocycles. The van der Waals surface area contributed by atoms with Crippen molar-refractivity contribution in [3.63, 3.8) is 0 Å². The minimum Gasteiger partial charge on any atom is -0.367 e. The zero-order chi connectivity index (χ0) is 15.9. The second kappa shape index (κ2) is 7.82. The lowest BCUT2D eigenvalue weighted by molar-refractivity contribution is -0.121. The third kappa shape index (κ3) is 4.35. The van der Waals surface area contributed by atoms with Crippen LogP contribution in [0.4, 0.5) is 5.69 Å². The molecule has 0 radical (unpaired) electrons. The third-order valence-corrected chi connectivity index (χ3v) is 4.48. The summed E-state index contributed by atoms with van der Waals surface area (Å²) in [4.78, 5) is 14.5. The Kier molecular flexibility index (Phi) is 5.30. The van der Waals surface area contributed by atoms with E-state index in [9.17, 15) is 4.79 Å². The van der Waals surface area contributed by atoms with Gasteiger partial charge in [-0.15, -0.1) is 0 Å². The van der Waals surface area contributed by atoms with Crippen molar-refractivity contribution in [3.05, 3.63) is 66.2 Å². The SMILES string of the molecule is O=C(CCc1ccccc1)NCC1CCCN1c1ccccc1. The number of nitrogens with zero attached hydrogens (tertiary/aromatic N) is 1. The van der Waals surface area contributed by atoms with Crippen LogP contribution < -0.4 is 10.2 Å². The summed E-state index contributed by atoms with van der Waals surface area (Å²) in [5.41, 5.74) is 2.47. The molecule has 1 saturated heterocycles. The van der Waals surface area contributed by atoms with Crippen LogP contribution in [0.15, 0.2) is 60.7 Å². The number of hydrogen-bond donors (Lipinski definition) is 1. The van der Waals surface area contributed by atoms with E-state index >= 15 is 0 Å². The molecule has 3 rings (SSSR count). The maximum absolute atomic E-state index is 12.1. The Bertz CT molecular complexity index is 612. The predicted molar refractivity (Wildman–Crippen MR) is 94.6 cm³/mol. The maximum atomic E-state index is 12.1. The lowest BCUT2D eigenvalue weighted by Crippen LogP contribution is -2.40. The first-order valence-electron chi connectivity index (χ1n) is 8.45. The summed E-state index contributed by atoms with van der Waals surface area (Å²) in [5.74, 6) is 0.147. The van der Waals surface area contributed by atoms with E-state index in [1.807, 2.05) is 24.3 Å². The van der Waals surface area contributed by atoms with Crippen molar-refractivity contribution in [2.75, 3.05) is 18.0 Å². The molecule has 0 saturated carbocycles. The summed E-state index contributed by atoms with van der Waals surface area (Å²) in [7, 11) is 0. The first-order chi connectivity index (χ1) is 11.3. The smallest absolute Gasteiger partial charge is 0.220 e. The van der Waals surface area contributed by atoms with Crippen molar-refractivity contribution in [1.82, 2.24) is 5.32 Å². The molecule has 1 amide bonds. The molecule has 3 nitrogen and oxygen atoms in total. The van der Waals surface area contributed by atoms with Gasteiger partial charge in [-0.05, 0) is 37.0 Å². The molecular formula is C20H24N2O. The molecule has 1 unspecified atom stereocenters. The van der Waals surface area contributed by atoms with Crippen LogP contribution in [0.1, 0.15) is 24.8 Å². The van der Waals surface area contributed by atoms with Crippen LogP contribution in [0, 0.1) is 0 Å². The number of amides is 1. The van der Waals surface area contributed by atoms with Crippen molar-refractivity contribution in [1.29, 1.82) is 0 Å². The van der Waals surface area contributed by atoms with Crippen molar-refractivity contribution >= 4 is 11.6 Å². The van der Waals surface area contributed by atoms with Crippen molar-refractivity contribution < 1.29 is 4.79 Å². The molecule has 1 atom stereocenters. The normalized spacial score (nSPS) is 17.2. The molecule has 2 aromatic carbocycles. The largest absolute Gasteiger partial charge is 0.367 e. The number of carbonyl (C=O) groups is 1. The van der Waals surface area contributed by atoms with Crippen LogP contribution in [0.5, 0.6) is 0 Å². The number of para-hydroxylation sites is 1. The average molecular weight is 308 g/mol. The molecule has 1 aliphatic rings. The number of hydrogen-bond acceptors (Lipinski definition) is 2. The Morgan fingerprint density at radius 3 is 2.48 bits per heavy atom. The van der Waals surface area contributed by atoms with Crippen molar-refractivity contribution in [2.24, 2.45) is 0 Å². The summed E-state index contributed by atoms with van der Waals surface area (Å²) in [6.07, 6.45) is 3.70. The minimum absolute atomic E-state index is 0.147. The number of aryl methyl sites for hydroxylation is 1. The number of carbonyl (C=O) groups excluding carboxylic acids is 1. The highest BCUT2D eigenvalue weighted by atomic mass is 16.1. The summed E-state index contributed by atoms with van der Waals surface area (Å²) in [6, 6.07) is 21.1. The van der Waals surface area contributed by atoms with Gasteiger partial charge in [0.1, 0.15) is 0 Å². The molecule has 23 heavy (non-hydrogen) atoms. The second-order valence-electron chi connectivity index (χ2n) is 6.11. The first-order valence-corrected chi connectivity index (χ1v) is 8.45. The van der Waals surface area contributed by atoms with Gasteiger partial charge in [-0.25, -0.2) is 0 Å². The van der Waals surface area contributed by atoms with Crippen LogP contribution in [0.2, 0.25) is 0 Å². The van der Waals surface area contributed by atoms with E-state index in [0.717, 1.165) is 25.9 Å². The highest BCUT2D eigenvalue weighted by molar-refractivity contribution is 5.76. The van der Waals surface area contributed by atoms with E-state index in [2.05, 4.69) is 46.6 Å². The quantitative estimate of drug-likeness (QED) is 0.887. The van der Waals surface area contributed by atoms with Crippen LogP contribution >= 0.6 is 0 Å². The van der Waals surface area contributed by atoms with Gasteiger partial charge < -0.3 is 10.2 Å². The van der Waals surface area contributed by atoms with Gasteiger partial charge in [-0.1, -0.05) is 48.5 Å². The minimum atomic E-state index is 0.147. The molecule has 3 heteroatoms. The highest BCUT2D eigenvalue weighted by Gasteiger charge is 2.24. The number of rotatable bonds is 6.